The van der Waals surface area contributed by atoms with Crippen molar-refractivity contribution in [3.63, 3.8) is 0 Å². The Morgan fingerprint density at radius 2 is 2.56 bits per heavy atom. The molecule has 0 aromatic carbocycles. The van der Waals surface area contributed by atoms with E-state index in [1.165, 1.54) is 4.88 Å². The number of thiophene rings is 1. The average Bonchev–Trinajstić information content (AvgIpc) is 2.68. The van der Waals surface area contributed by atoms with E-state index in [2.05, 4.69) is 22.1 Å². The molecule has 0 unspecified atom stereocenters. The highest BCUT2D eigenvalue weighted by Gasteiger charge is 2.28. The number of ether oxygens (including phenoxy) is 1. The molecule has 1 atom stereocenters. The lowest BCUT2D eigenvalue weighted by Crippen LogP contribution is -2.49. The number of aliphatic hydroxyl groups is 1. The van der Waals surface area contributed by atoms with Crippen LogP contribution in [0.1, 0.15) is 4.88 Å². The zero-order valence-electron chi connectivity index (χ0n) is 9.24. The van der Waals surface area contributed by atoms with Crippen molar-refractivity contribution in [1.82, 2.24) is 10.6 Å². The lowest BCUT2D eigenvalue weighted by Gasteiger charge is -2.26. The van der Waals surface area contributed by atoms with Crippen LogP contribution in [0.15, 0.2) is 17.5 Å². The van der Waals surface area contributed by atoms with Crippen LogP contribution in [0.2, 0.25) is 0 Å². The van der Waals surface area contributed by atoms with Crippen molar-refractivity contribution < 1.29 is 9.84 Å². The lowest BCUT2D eigenvalue weighted by molar-refractivity contribution is -0.0264. The fourth-order valence-corrected chi connectivity index (χ4v) is 2.40. The molecule has 0 bridgehead atoms. The van der Waals surface area contributed by atoms with Gasteiger partial charge in [-0.3, -0.25) is 0 Å². The molecule has 0 amide bonds. The summed E-state index contributed by atoms with van der Waals surface area (Å²) < 4.78 is 5.35. The molecule has 1 aliphatic rings. The Labute approximate surface area is 99.6 Å². The molecule has 4 nitrogen and oxygen atoms in total. The summed E-state index contributed by atoms with van der Waals surface area (Å²) in [5, 5.41) is 18.7. The maximum absolute atomic E-state index is 10.2. The van der Waals surface area contributed by atoms with Gasteiger partial charge in [0.15, 0.2) is 0 Å². The van der Waals surface area contributed by atoms with Gasteiger partial charge in [0.25, 0.3) is 0 Å². The number of rotatable bonds is 4. The van der Waals surface area contributed by atoms with Crippen LogP contribution in [0.4, 0.5) is 0 Å². The van der Waals surface area contributed by atoms with Crippen molar-refractivity contribution in [2.45, 2.75) is 12.1 Å². The van der Waals surface area contributed by atoms with Crippen LogP contribution in [-0.4, -0.2) is 43.6 Å². The van der Waals surface area contributed by atoms with Gasteiger partial charge in [-0.25, -0.2) is 0 Å². The van der Waals surface area contributed by atoms with Gasteiger partial charge in [0, 0.05) is 31.1 Å². The van der Waals surface area contributed by atoms with E-state index in [4.69, 9.17) is 4.74 Å². The quantitative estimate of drug-likeness (QED) is 0.705. The molecule has 0 aliphatic carbocycles. The van der Waals surface area contributed by atoms with Crippen LogP contribution in [-0.2, 0) is 11.3 Å². The summed E-state index contributed by atoms with van der Waals surface area (Å²) in [6, 6.07) is 4.12. The monoisotopic (exact) mass is 242 g/mol. The van der Waals surface area contributed by atoms with E-state index in [1.807, 2.05) is 6.07 Å². The fourth-order valence-electron chi connectivity index (χ4n) is 1.72. The zero-order valence-corrected chi connectivity index (χ0v) is 10.1. The molecule has 0 radical (unpaired) electrons. The molecule has 2 heterocycles. The second-order valence-corrected chi connectivity index (χ2v) is 5.17. The second-order valence-electron chi connectivity index (χ2n) is 4.14. The summed E-state index contributed by atoms with van der Waals surface area (Å²) in [7, 11) is 0. The van der Waals surface area contributed by atoms with E-state index < -0.39 is 5.60 Å². The third kappa shape index (κ3) is 3.54. The molecule has 2 rings (SSSR count). The van der Waals surface area contributed by atoms with Crippen molar-refractivity contribution in [2.24, 2.45) is 0 Å². The van der Waals surface area contributed by atoms with E-state index in [1.54, 1.807) is 11.3 Å². The highest BCUT2D eigenvalue weighted by atomic mass is 32.1. The molecular weight excluding hydrogens is 224 g/mol. The third-order valence-electron chi connectivity index (χ3n) is 2.58. The summed E-state index contributed by atoms with van der Waals surface area (Å²) >= 11 is 1.72. The molecule has 1 aromatic heterocycles. The minimum Gasteiger partial charge on any atom is -0.385 e. The topological polar surface area (TPSA) is 53.5 Å². The maximum Gasteiger partial charge on any atom is 0.113 e. The number of hydrogen-bond donors (Lipinski definition) is 3. The van der Waals surface area contributed by atoms with Crippen molar-refractivity contribution in [3.8, 4) is 0 Å². The van der Waals surface area contributed by atoms with Crippen LogP contribution < -0.4 is 10.6 Å². The molecular formula is C11H18N2O2S. The first-order valence-electron chi connectivity index (χ1n) is 5.52. The zero-order chi connectivity index (χ0) is 11.3. The molecule has 3 N–H and O–H groups in total. The number of nitrogens with one attached hydrogen (secondary N) is 2. The summed E-state index contributed by atoms with van der Waals surface area (Å²) in [6.07, 6.45) is 0. The number of hydrogen-bond acceptors (Lipinski definition) is 5. The van der Waals surface area contributed by atoms with Crippen LogP contribution in [0.25, 0.3) is 0 Å². The largest absolute Gasteiger partial charge is 0.385 e. The normalized spacial score (nSPS) is 26.6. The molecule has 1 aromatic rings. The highest BCUT2D eigenvalue weighted by Crippen LogP contribution is 2.09. The van der Waals surface area contributed by atoms with Gasteiger partial charge in [-0.15, -0.1) is 11.3 Å². The Hall–Kier alpha value is -0.460. The Balaban J connectivity index is 1.75. The van der Waals surface area contributed by atoms with E-state index >= 15 is 0 Å². The molecule has 1 aliphatic heterocycles. The van der Waals surface area contributed by atoms with Crippen molar-refractivity contribution in [1.29, 1.82) is 0 Å². The van der Waals surface area contributed by atoms with Crippen LogP contribution in [0, 0.1) is 0 Å². The van der Waals surface area contributed by atoms with Gasteiger partial charge in [-0.1, -0.05) is 6.07 Å². The first-order valence-corrected chi connectivity index (χ1v) is 6.40. The Morgan fingerprint density at radius 1 is 1.62 bits per heavy atom. The molecule has 0 saturated carbocycles. The Bertz CT molecular complexity index is 295. The summed E-state index contributed by atoms with van der Waals surface area (Å²) in [5.74, 6) is 0. The highest BCUT2D eigenvalue weighted by molar-refractivity contribution is 7.09. The second kappa shape index (κ2) is 5.75. The van der Waals surface area contributed by atoms with Gasteiger partial charge in [0.1, 0.15) is 5.60 Å². The van der Waals surface area contributed by atoms with Gasteiger partial charge < -0.3 is 20.5 Å². The average molecular weight is 242 g/mol. The van der Waals surface area contributed by atoms with Crippen molar-refractivity contribution in [3.05, 3.63) is 22.4 Å². The first kappa shape index (κ1) is 12.0. The molecule has 0 spiro atoms. The van der Waals surface area contributed by atoms with Gasteiger partial charge in [-0.05, 0) is 11.4 Å². The maximum atomic E-state index is 10.2. The lowest BCUT2D eigenvalue weighted by atomic mass is 10.1. The Kier molecular flexibility index (Phi) is 4.31. The van der Waals surface area contributed by atoms with E-state index in [-0.39, 0.29) is 0 Å². The molecule has 5 heteroatoms. The van der Waals surface area contributed by atoms with Crippen LogP contribution in [0.5, 0.6) is 0 Å². The summed E-state index contributed by atoms with van der Waals surface area (Å²) in [4.78, 5) is 1.28. The molecule has 90 valence electrons. The Morgan fingerprint density at radius 3 is 3.38 bits per heavy atom. The molecule has 1 saturated heterocycles. The van der Waals surface area contributed by atoms with Crippen LogP contribution in [0.3, 0.4) is 0 Å². The van der Waals surface area contributed by atoms with Gasteiger partial charge in [-0.2, -0.15) is 0 Å². The standard InChI is InChI=1S/C11H18N2O2S/c14-11(7-12-3-4-15-9-11)8-13-6-10-2-1-5-16-10/h1-2,5,12-14H,3-4,6-9H2/t11-/m1/s1. The van der Waals surface area contributed by atoms with E-state index in [9.17, 15) is 5.11 Å². The SMILES string of the molecule is O[C@@]1(CNCc2cccs2)CNCCOC1. The summed E-state index contributed by atoms with van der Waals surface area (Å²) in [6.45, 7) is 3.83. The minimum atomic E-state index is -0.784. The smallest absolute Gasteiger partial charge is 0.113 e. The first-order chi connectivity index (χ1) is 7.79. The van der Waals surface area contributed by atoms with E-state index in [0.717, 1.165) is 13.1 Å². The number of β-amino-alcohol motifs (C(OH)–C–C–N with tert-alkyl or cyclic N) is 1. The predicted molar refractivity (Wildman–Crippen MR) is 64.7 cm³/mol. The van der Waals surface area contributed by atoms with Crippen molar-refractivity contribution >= 4 is 11.3 Å². The van der Waals surface area contributed by atoms with Gasteiger partial charge in [0.05, 0.1) is 13.2 Å². The van der Waals surface area contributed by atoms with Gasteiger partial charge in [0.2, 0.25) is 0 Å². The van der Waals surface area contributed by atoms with Crippen molar-refractivity contribution in [2.75, 3.05) is 32.8 Å². The third-order valence-corrected chi connectivity index (χ3v) is 3.46. The summed E-state index contributed by atoms with van der Waals surface area (Å²) in [5.41, 5.74) is -0.784. The predicted octanol–water partition coefficient (Wildman–Crippen LogP) is 0.189. The molecule has 16 heavy (non-hydrogen) atoms. The van der Waals surface area contributed by atoms with Crippen LogP contribution >= 0.6 is 11.3 Å². The van der Waals surface area contributed by atoms with E-state index in [0.29, 0.717) is 26.3 Å². The molecule has 1 fully saturated rings. The fraction of sp³-hybridized carbons (Fsp3) is 0.636. The van der Waals surface area contributed by atoms with Gasteiger partial charge >= 0.3 is 0 Å². The minimum absolute atomic E-state index is 0.400.